The molecule has 0 rings (SSSR count). The minimum Gasteiger partial charge on any atom is -0.313 e. The Balaban J connectivity index is 3.10. The van der Waals surface area contributed by atoms with Crippen LogP contribution in [0.2, 0.25) is 0 Å². The van der Waals surface area contributed by atoms with Crippen LogP contribution < -0.4 is 5.32 Å². The molecule has 124 valence electrons. The van der Waals surface area contributed by atoms with Gasteiger partial charge in [-0.1, -0.05) is 51.5 Å². The van der Waals surface area contributed by atoms with Crippen LogP contribution in [0.15, 0.2) is 12.7 Å². The van der Waals surface area contributed by atoms with Crippen molar-refractivity contribution in [1.82, 2.24) is 5.32 Å². The standard InChI is InChI=1S/C16H33NO3P/c1-3-5-11-15-19-21(18)20-16-12-9-7-6-8-10-14-17-13-4-2/h4,17H,2-3,5-16H2,1H3/q+1. The van der Waals surface area contributed by atoms with E-state index in [1.54, 1.807) is 0 Å². The Morgan fingerprint density at radius 3 is 2.14 bits per heavy atom. The molecule has 0 radical (unpaired) electrons. The van der Waals surface area contributed by atoms with E-state index in [1.807, 2.05) is 6.08 Å². The van der Waals surface area contributed by atoms with Crippen LogP contribution in [0.3, 0.4) is 0 Å². The van der Waals surface area contributed by atoms with Crippen molar-refractivity contribution in [2.45, 2.75) is 64.7 Å². The topological polar surface area (TPSA) is 47.6 Å². The van der Waals surface area contributed by atoms with Crippen LogP contribution in [0.25, 0.3) is 0 Å². The van der Waals surface area contributed by atoms with Crippen molar-refractivity contribution < 1.29 is 13.6 Å². The third-order valence-corrected chi connectivity index (χ3v) is 3.96. The summed E-state index contributed by atoms with van der Waals surface area (Å²) in [5, 5.41) is 3.30. The molecule has 0 saturated carbocycles. The molecule has 0 aromatic heterocycles. The number of rotatable bonds is 17. The Morgan fingerprint density at radius 1 is 0.952 bits per heavy atom. The monoisotopic (exact) mass is 318 g/mol. The quantitative estimate of drug-likeness (QED) is 0.233. The van der Waals surface area contributed by atoms with Gasteiger partial charge in [-0.05, 0) is 25.8 Å². The summed E-state index contributed by atoms with van der Waals surface area (Å²) in [6.07, 6.45) is 12.2. The molecule has 0 aliphatic carbocycles. The van der Waals surface area contributed by atoms with E-state index in [-0.39, 0.29) is 0 Å². The van der Waals surface area contributed by atoms with Crippen LogP contribution in [0, 0.1) is 0 Å². The first-order chi connectivity index (χ1) is 10.3. The van der Waals surface area contributed by atoms with E-state index >= 15 is 0 Å². The predicted molar refractivity (Wildman–Crippen MR) is 89.8 cm³/mol. The Bertz CT molecular complexity index is 250. The molecule has 0 spiro atoms. The van der Waals surface area contributed by atoms with Gasteiger partial charge in [-0.3, -0.25) is 0 Å². The highest BCUT2D eigenvalue weighted by Crippen LogP contribution is 2.24. The van der Waals surface area contributed by atoms with E-state index in [9.17, 15) is 4.57 Å². The maximum Gasteiger partial charge on any atom is 0.697 e. The van der Waals surface area contributed by atoms with E-state index in [0.717, 1.165) is 45.2 Å². The molecular weight excluding hydrogens is 285 g/mol. The van der Waals surface area contributed by atoms with Crippen LogP contribution in [0.5, 0.6) is 0 Å². The maximum absolute atomic E-state index is 11.4. The third-order valence-electron chi connectivity index (χ3n) is 3.18. The molecule has 0 fully saturated rings. The lowest BCUT2D eigenvalue weighted by atomic mass is 10.1. The Hall–Kier alpha value is -0.280. The number of nitrogens with one attached hydrogen (secondary N) is 1. The SMILES string of the molecule is C=CCNCCCCCCCCO[P+](=O)OCCCCC. The van der Waals surface area contributed by atoms with Crippen LogP contribution in [0.4, 0.5) is 0 Å². The average Bonchev–Trinajstić information content (AvgIpc) is 2.49. The van der Waals surface area contributed by atoms with E-state index in [2.05, 4.69) is 18.8 Å². The highest BCUT2D eigenvalue weighted by molar-refractivity contribution is 7.33. The molecule has 0 aromatic rings. The third kappa shape index (κ3) is 17.7. The van der Waals surface area contributed by atoms with Crippen LogP contribution in [0.1, 0.15) is 64.7 Å². The minimum absolute atomic E-state index is 0.545. The van der Waals surface area contributed by atoms with Gasteiger partial charge in [0, 0.05) is 11.1 Å². The van der Waals surface area contributed by atoms with Crippen LogP contribution in [-0.4, -0.2) is 26.3 Å². The second-order valence-corrected chi connectivity index (χ2v) is 6.17. The molecule has 0 aliphatic heterocycles. The molecule has 5 heteroatoms. The second-order valence-electron chi connectivity index (χ2n) is 5.21. The lowest BCUT2D eigenvalue weighted by Crippen LogP contribution is -2.14. The van der Waals surface area contributed by atoms with Crippen molar-refractivity contribution in [2.24, 2.45) is 0 Å². The van der Waals surface area contributed by atoms with Gasteiger partial charge in [-0.25, -0.2) is 0 Å². The van der Waals surface area contributed by atoms with Crippen molar-refractivity contribution >= 4 is 8.25 Å². The lowest BCUT2D eigenvalue weighted by Gasteiger charge is -2.01. The Kier molecular flexibility index (Phi) is 17.5. The molecule has 0 aromatic carbocycles. The maximum atomic E-state index is 11.4. The zero-order chi connectivity index (χ0) is 15.6. The number of unbranched alkanes of at least 4 members (excludes halogenated alkanes) is 7. The van der Waals surface area contributed by atoms with Crippen molar-refractivity contribution in [3.63, 3.8) is 0 Å². The van der Waals surface area contributed by atoms with Crippen molar-refractivity contribution in [3.05, 3.63) is 12.7 Å². The summed E-state index contributed by atoms with van der Waals surface area (Å²) < 4.78 is 21.6. The van der Waals surface area contributed by atoms with E-state index in [4.69, 9.17) is 9.05 Å². The first kappa shape index (κ1) is 20.7. The molecule has 0 heterocycles. The molecule has 1 N–H and O–H groups in total. The summed E-state index contributed by atoms with van der Waals surface area (Å²) >= 11 is 0. The smallest absolute Gasteiger partial charge is 0.313 e. The molecule has 0 saturated heterocycles. The van der Waals surface area contributed by atoms with E-state index < -0.39 is 8.25 Å². The Labute approximate surface area is 131 Å². The second kappa shape index (κ2) is 17.8. The fraction of sp³-hybridized carbons (Fsp3) is 0.875. The van der Waals surface area contributed by atoms with Gasteiger partial charge in [0.1, 0.15) is 13.2 Å². The van der Waals surface area contributed by atoms with Gasteiger partial charge >= 0.3 is 8.25 Å². The zero-order valence-corrected chi connectivity index (χ0v) is 14.5. The molecule has 0 bridgehead atoms. The van der Waals surface area contributed by atoms with Gasteiger partial charge in [-0.15, -0.1) is 15.6 Å². The van der Waals surface area contributed by atoms with Gasteiger partial charge in [0.25, 0.3) is 0 Å². The van der Waals surface area contributed by atoms with Crippen LogP contribution in [-0.2, 0) is 13.6 Å². The largest absolute Gasteiger partial charge is 0.697 e. The van der Waals surface area contributed by atoms with Gasteiger partial charge in [0.15, 0.2) is 0 Å². The first-order valence-corrected chi connectivity index (χ1v) is 9.45. The van der Waals surface area contributed by atoms with Gasteiger partial charge in [-0.2, -0.15) is 0 Å². The van der Waals surface area contributed by atoms with E-state index in [0.29, 0.717) is 13.2 Å². The zero-order valence-electron chi connectivity index (χ0n) is 13.6. The summed E-state index contributed by atoms with van der Waals surface area (Å²) in [6.45, 7) is 8.87. The van der Waals surface area contributed by atoms with E-state index in [1.165, 1.54) is 25.7 Å². The summed E-state index contributed by atoms with van der Waals surface area (Å²) in [4.78, 5) is 0. The highest BCUT2D eigenvalue weighted by Gasteiger charge is 2.18. The normalized spacial score (nSPS) is 11.6. The lowest BCUT2D eigenvalue weighted by molar-refractivity contribution is 0.218. The van der Waals surface area contributed by atoms with Gasteiger partial charge in [0.2, 0.25) is 0 Å². The molecule has 1 atom stereocenters. The molecule has 21 heavy (non-hydrogen) atoms. The predicted octanol–water partition coefficient (Wildman–Crippen LogP) is 4.98. The van der Waals surface area contributed by atoms with Crippen LogP contribution >= 0.6 is 8.25 Å². The van der Waals surface area contributed by atoms with Crippen molar-refractivity contribution in [1.29, 1.82) is 0 Å². The number of hydrogen-bond donors (Lipinski definition) is 1. The summed E-state index contributed by atoms with van der Waals surface area (Å²) in [5.74, 6) is 0. The number of hydrogen-bond acceptors (Lipinski definition) is 4. The first-order valence-electron chi connectivity index (χ1n) is 8.36. The summed E-state index contributed by atoms with van der Waals surface area (Å²) in [5.41, 5.74) is 0. The average molecular weight is 318 g/mol. The highest BCUT2D eigenvalue weighted by atomic mass is 31.1. The van der Waals surface area contributed by atoms with Crippen molar-refractivity contribution in [2.75, 3.05) is 26.3 Å². The summed E-state index contributed by atoms with van der Waals surface area (Å²) in [7, 11) is -1.90. The van der Waals surface area contributed by atoms with Gasteiger partial charge < -0.3 is 5.32 Å². The van der Waals surface area contributed by atoms with Gasteiger partial charge in [0.05, 0.1) is 0 Å². The summed E-state index contributed by atoms with van der Waals surface area (Å²) in [6, 6.07) is 0. The fourth-order valence-electron chi connectivity index (χ4n) is 1.93. The fourth-order valence-corrected chi connectivity index (χ4v) is 2.56. The molecule has 1 unspecified atom stereocenters. The van der Waals surface area contributed by atoms with Crippen molar-refractivity contribution in [3.8, 4) is 0 Å². The molecule has 0 amide bonds. The molecular formula is C16H33NO3P+. The molecule has 4 nitrogen and oxygen atoms in total. The minimum atomic E-state index is -1.90. The Morgan fingerprint density at radius 2 is 1.52 bits per heavy atom. The molecule has 0 aliphatic rings.